The summed E-state index contributed by atoms with van der Waals surface area (Å²) in [6.45, 7) is 0. The number of nitrogens with zero attached hydrogens (tertiary/aromatic N) is 1. The van der Waals surface area contributed by atoms with E-state index in [-0.39, 0.29) is 5.78 Å². The van der Waals surface area contributed by atoms with Crippen LogP contribution in [0.15, 0.2) is 73.1 Å². The Balaban J connectivity index is 1.86. The van der Waals surface area contributed by atoms with E-state index in [0.29, 0.717) is 17.1 Å². The monoisotopic (exact) mass is 331 g/mol. The van der Waals surface area contributed by atoms with Gasteiger partial charge in [-0.1, -0.05) is 36.4 Å². The highest BCUT2D eigenvalue weighted by Crippen LogP contribution is 2.44. The minimum atomic E-state index is -0.428. The van der Waals surface area contributed by atoms with Crippen molar-refractivity contribution in [2.45, 2.75) is 12.0 Å². The van der Waals surface area contributed by atoms with Crippen molar-refractivity contribution >= 4 is 5.78 Å². The zero-order valence-corrected chi connectivity index (χ0v) is 13.8. The lowest BCUT2D eigenvalue weighted by Gasteiger charge is -2.33. The molecule has 1 aliphatic rings. The van der Waals surface area contributed by atoms with Crippen LogP contribution in [0.3, 0.4) is 0 Å². The maximum absolute atomic E-state index is 13.3. The molecule has 0 saturated carbocycles. The summed E-state index contributed by atoms with van der Waals surface area (Å²) in [6, 6.07) is 18.8. The van der Waals surface area contributed by atoms with Crippen LogP contribution in [0.5, 0.6) is 11.5 Å². The Hall–Kier alpha value is -3.14. The highest BCUT2D eigenvalue weighted by molar-refractivity contribution is 6.04. The van der Waals surface area contributed by atoms with E-state index in [0.717, 1.165) is 11.1 Å². The number of ether oxygens (including phenoxy) is 2. The molecule has 0 N–H and O–H groups in total. The quantitative estimate of drug-likeness (QED) is 0.722. The lowest BCUT2D eigenvalue weighted by Crippen LogP contribution is -2.30. The van der Waals surface area contributed by atoms with E-state index < -0.39 is 12.0 Å². The number of Topliss-reactive ketones (excluding diaryl/α,β-unsaturated/α-hetero) is 1. The number of ketones is 1. The maximum atomic E-state index is 13.3. The summed E-state index contributed by atoms with van der Waals surface area (Å²) in [5.74, 6) is 0.843. The van der Waals surface area contributed by atoms with E-state index >= 15 is 0 Å². The van der Waals surface area contributed by atoms with E-state index in [4.69, 9.17) is 9.47 Å². The predicted molar refractivity (Wildman–Crippen MR) is 94.1 cm³/mol. The van der Waals surface area contributed by atoms with Gasteiger partial charge in [-0.25, -0.2) is 0 Å². The molecule has 0 spiro atoms. The third kappa shape index (κ3) is 2.76. The van der Waals surface area contributed by atoms with E-state index in [1.807, 2.05) is 42.5 Å². The number of hydrogen-bond donors (Lipinski definition) is 0. The molecule has 2 unspecified atom stereocenters. The van der Waals surface area contributed by atoms with Crippen molar-refractivity contribution in [1.29, 1.82) is 0 Å². The summed E-state index contributed by atoms with van der Waals surface area (Å²) < 4.78 is 11.5. The summed E-state index contributed by atoms with van der Waals surface area (Å²) in [6.07, 6.45) is 3.03. The van der Waals surface area contributed by atoms with Gasteiger partial charge in [0, 0.05) is 24.0 Å². The molecule has 0 amide bonds. The Morgan fingerprint density at radius 3 is 2.52 bits per heavy atom. The highest BCUT2D eigenvalue weighted by atomic mass is 16.5. The molecule has 4 rings (SSSR count). The number of rotatable bonds is 3. The molecule has 25 heavy (non-hydrogen) atoms. The number of methoxy groups -OCH3 is 1. The number of carbonyl (C=O) groups excluding carboxylic acids is 1. The number of carbonyl (C=O) groups is 1. The van der Waals surface area contributed by atoms with Gasteiger partial charge in [0.15, 0.2) is 5.78 Å². The molecule has 4 nitrogen and oxygen atoms in total. The average Bonchev–Trinajstić information content (AvgIpc) is 2.68. The zero-order chi connectivity index (χ0) is 17.2. The summed E-state index contributed by atoms with van der Waals surface area (Å²) >= 11 is 0. The van der Waals surface area contributed by atoms with Crippen LogP contribution in [0.4, 0.5) is 0 Å². The largest absolute Gasteiger partial charge is 0.497 e. The number of fused-ring (bicyclic) bond motifs is 1. The molecule has 2 aromatic carbocycles. The third-order valence-corrected chi connectivity index (χ3v) is 4.47. The Labute approximate surface area is 146 Å². The van der Waals surface area contributed by atoms with Gasteiger partial charge in [0.25, 0.3) is 0 Å². The van der Waals surface area contributed by atoms with Crippen LogP contribution in [0.25, 0.3) is 0 Å². The minimum absolute atomic E-state index is 0.0453. The lowest BCUT2D eigenvalue weighted by atomic mass is 9.81. The van der Waals surface area contributed by atoms with Crippen LogP contribution in [0.2, 0.25) is 0 Å². The molecule has 3 aromatic rings. The fraction of sp³-hybridized carbons (Fsp3) is 0.143. The van der Waals surface area contributed by atoms with Crippen LogP contribution in [0, 0.1) is 0 Å². The molecular weight excluding hydrogens is 314 g/mol. The first-order valence-electron chi connectivity index (χ1n) is 8.11. The number of pyridine rings is 1. The molecule has 0 bridgehead atoms. The van der Waals surface area contributed by atoms with E-state index in [1.54, 1.807) is 37.7 Å². The van der Waals surface area contributed by atoms with Crippen molar-refractivity contribution in [2.24, 2.45) is 0 Å². The van der Waals surface area contributed by atoms with Gasteiger partial charge < -0.3 is 9.47 Å². The van der Waals surface area contributed by atoms with Gasteiger partial charge in [-0.2, -0.15) is 0 Å². The summed E-state index contributed by atoms with van der Waals surface area (Å²) in [5, 5.41) is 0. The Kier molecular flexibility index (Phi) is 3.94. The zero-order valence-electron chi connectivity index (χ0n) is 13.8. The van der Waals surface area contributed by atoms with Crippen LogP contribution in [0.1, 0.15) is 33.5 Å². The average molecular weight is 331 g/mol. The van der Waals surface area contributed by atoms with Crippen molar-refractivity contribution in [3.05, 3.63) is 89.7 Å². The molecule has 2 atom stereocenters. The van der Waals surface area contributed by atoms with Gasteiger partial charge in [-0.15, -0.1) is 0 Å². The normalized spacial score (nSPS) is 19.0. The van der Waals surface area contributed by atoms with Gasteiger partial charge in [-0.05, 0) is 23.8 Å². The summed E-state index contributed by atoms with van der Waals surface area (Å²) in [4.78, 5) is 17.4. The molecule has 0 aliphatic carbocycles. The first kappa shape index (κ1) is 15.4. The molecule has 0 radical (unpaired) electrons. The van der Waals surface area contributed by atoms with Gasteiger partial charge in [0.05, 0.1) is 18.6 Å². The van der Waals surface area contributed by atoms with Gasteiger partial charge in [-0.3, -0.25) is 9.78 Å². The minimum Gasteiger partial charge on any atom is -0.497 e. The second-order valence-electron chi connectivity index (χ2n) is 5.94. The molecular formula is C21H17NO3. The Bertz CT molecular complexity index is 894. The van der Waals surface area contributed by atoms with E-state index in [1.165, 1.54) is 0 Å². The van der Waals surface area contributed by atoms with Gasteiger partial charge in [0.1, 0.15) is 17.6 Å². The smallest absolute Gasteiger partial charge is 0.178 e. The second-order valence-corrected chi connectivity index (χ2v) is 5.94. The van der Waals surface area contributed by atoms with E-state index in [2.05, 4.69) is 4.98 Å². The van der Waals surface area contributed by atoms with E-state index in [9.17, 15) is 4.79 Å². The fourth-order valence-corrected chi connectivity index (χ4v) is 3.23. The van der Waals surface area contributed by atoms with Crippen LogP contribution < -0.4 is 9.47 Å². The van der Waals surface area contributed by atoms with Gasteiger partial charge >= 0.3 is 0 Å². The molecule has 0 saturated heterocycles. The summed E-state index contributed by atoms with van der Waals surface area (Å²) in [5.41, 5.74) is 2.38. The molecule has 124 valence electrons. The number of hydrogen-bond acceptors (Lipinski definition) is 4. The number of aromatic nitrogens is 1. The molecule has 1 aliphatic heterocycles. The number of benzene rings is 2. The fourth-order valence-electron chi connectivity index (χ4n) is 3.23. The first-order chi connectivity index (χ1) is 12.3. The van der Waals surface area contributed by atoms with Gasteiger partial charge in [0.2, 0.25) is 0 Å². The SMILES string of the molecule is COc1ccc2c(c1)OC(c1cccnc1)C(c1ccccc1)C2=O. The lowest BCUT2D eigenvalue weighted by molar-refractivity contribution is 0.0780. The highest BCUT2D eigenvalue weighted by Gasteiger charge is 2.39. The van der Waals surface area contributed by atoms with Crippen molar-refractivity contribution in [2.75, 3.05) is 7.11 Å². The Morgan fingerprint density at radius 2 is 1.80 bits per heavy atom. The molecule has 1 aromatic heterocycles. The molecule has 4 heteroatoms. The van der Waals surface area contributed by atoms with Crippen LogP contribution in [-0.4, -0.2) is 17.9 Å². The van der Waals surface area contributed by atoms with Crippen molar-refractivity contribution in [1.82, 2.24) is 4.98 Å². The first-order valence-corrected chi connectivity index (χ1v) is 8.11. The van der Waals surface area contributed by atoms with Crippen molar-refractivity contribution in [3.8, 4) is 11.5 Å². The molecule has 2 heterocycles. The van der Waals surface area contributed by atoms with Crippen LogP contribution >= 0.6 is 0 Å². The Morgan fingerprint density at radius 1 is 1.00 bits per heavy atom. The summed E-state index contributed by atoms with van der Waals surface area (Å²) in [7, 11) is 1.59. The van der Waals surface area contributed by atoms with Crippen molar-refractivity contribution in [3.63, 3.8) is 0 Å². The molecule has 0 fully saturated rings. The van der Waals surface area contributed by atoms with Crippen LogP contribution in [-0.2, 0) is 0 Å². The maximum Gasteiger partial charge on any atom is 0.178 e. The third-order valence-electron chi connectivity index (χ3n) is 4.47. The predicted octanol–water partition coefficient (Wildman–Crippen LogP) is 4.19. The topological polar surface area (TPSA) is 48.4 Å². The van der Waals surface area contributed by atoms with Crippen molar-refractivity contribution < 1.29 is 14.3 Å². The standard InChI is InChI=1S/C21H17NO3/c1-24-16-9-10-17-18(12-16)25-21(15-8-5-11-22-13-15)19(20(17)23)14-6-3-2-4-7-14/h2-13,19,21H,1H3. The second kappa shape index (κ2) is 6.40.